The maximum absolute atomic E-state index is 9.09. The van der Waals surface area contributed by atoms with Crippen LogP contribution in [0.5, 0.6) is 5.75 Å². The number of phenols is 1. The van der Waals surface area contributed by atoms with Crippen molar-refractivity contribution < 1.29 is 10.2 Å². The molecule has 0 aliphatic carbocycles. The van der Waals surface area contributed by atoms with Crippen LogP contribution in [0.15, 0.2) is 24.3 Å². The molecule has 80 valence electrons. The molecule has 0 saturated heterocycles. The van der Waals surface area contributed by atoms with E-state index in [1.165, 1.54) is 0 Å². The summed E-state index contributed by atoms with van der Waals surface area (Å²) < 4.78 is 0. The molecule has 0 spiro atoms. The minimum atomic E-state index is -0.392. The van der Waals surface area contributed by atoms with Gasteiger partial charge in [0.05, 0.1) is 6.07 Å². The van der Waals surface area contributed by atoms with Crippen LogP contribution >= 0.6 is 0 Å². The lowest BCUT2D eigenvalue weighted by atomic mass is 10.1. The summed E-state index contributed by atoms with van der Waals surface area (Å²) in [6.45, 7) is 0.705. The number of rotatable bonds is 5. The van der Waals surface area contributed by atoms with E-state index in [1.54, 1.807) is 24.3 Å². The van der Waals surface area contributed by atoms with Crippen LogP contribution in [0.25, 0.3) is 0 Å². The predicted molar refractivity (Wildman–Crippen MR) is 56.2 cm³/mol. The summed E-state index contributed by atoms with van der Waals surface area (Å²) in [5.41, 5.74) is 0.813. The Morgan fingerprint density at radius 1 is 1.33 bits per heavy atom. The molecule has 0 radical (unpaired) electrons. The van der Waals surface area contributed by atoms with E-state index in [9.17, 15) is 0 Å². The second kappa shape index (κ2) is 6.02. The van der Waals surface area contributed by atoms with E-state index in [0.29, 0.717) is 13.0 Å². The molecule has 3 N–H and O–H groups in total. The molecule has 4 nitrogen and oxygen atoms in total. The third-order valence-electron chi connectivity index (χ3n) is 2.04. The Morgan fingerprint density at radius 3 is 2.53 bits per heavy atom. The summed E-state index contributed by atoms with van der Waals surface area (Å²) in [5.74, 6) is 0.186. The first-order valence-corrected chi connectivity index (χ1v) is 4.80. The van der Waals surface area contributed by atoms with Crippen molar-refractivity contribution in [1.82, 2.24) is 5.32 Å². The summed E-state index contributed by atoms with van der Waals surface area (Å²) >= 11 is 0. The highest BCUT2D eigenvalue weighted by atomic mass is 16.3. The van der Waals surface area contributed by atoms with Gasteiger partial charge in [0.1, 0.15) is 11.8 Å². The minimum absolute atomic E-state index is 0.112. The van der Waals surface area contributed by atoms with Crippen LogP contribution in [0, 0.1) is 11.3 Å². The van der Waals surface area contributed by atoms with Crippen molar-refractivity contribution in [3.8, 4) is 11.8 Å². The van der Waals surface area contributed by atoms with E-state index < -0.39 is 6.04 Å². The number of hydrogen-bond acceptors (Lipinski definition) is 4. The monoisotopic (exact) mass is 206 g/mol. The molecule has 1 unspecified atom stereocenters. The molecule has 1 aromatic carbocycles. The second-order valence-corrected chi connectivity index (χ2v) is 3.18. The lowest BCUT2D eigenvalue weighted by molar-refractivity contribution is 0.285. The van der Waals surface area contributed by atoms with Crippen molar-refractivity contribution >= 4 is 0 Å². The van der Waals surface area contributed by atoms with Gasteiger partial charge in [-0.3, -0.25) is 5.32 Å². The lowest BCUT2D eigenvalue weighted by Gasteiger charge is -2.11. The molecule has 0 fully saturated rings. The number of aliphatic hydroxyl groups excluding tert-OH is 1. The highest BCUT2D eigenvalue weighted by Gasteiger charge is 2.08. The van der Waals surface area contributed by atoms with E-state index >= 15 is 0 Å². The smallest absolute Gasteiger partial charge is 0.121 e. The van der Waals surface area contributed by atoms with Gasteiger partial charge in [-0.2, -0.15) is 5.26 Å². The number of nitrogens with one attached hydrogen (secondary N) is 1. The van der Waals surface area contributed by atoms with Gasteiger partial charge in [-0.05, 0) is 30.7 Å². The molecule has 0 amide bonds. The molecule has 0 heterocycles. The molecule has 0 aromatic heterocycles. The largest absolute Gasteiger partial charge is 0.508 e. The number of aromatic hydroxyl groups is 1. The fourth-order valence-corrected chi connectivity index (χ4v) is 1.23. The van der Waals surface area contributed by atoms with E-state index in [0.717, 1.165) is 5.56 Å². The average Bonchev–Trinajstić information content (AvgIpc) is 2.26. The third-order valence-corrected chi connectivity index (χ3v) is 2.04. The highest BCUT2D eigenvalue weighted by molar-refractivity contribution is 5.30. The minimum Gasteiger partial charge on any atom is -0.508 e. The predicted octanol–water partition coefficient (Wildman–Crippen LogP) is 0.929. The van der Waals surface area contributed by atoms with E-state index in [4.69, 9.17) is 15.5 Å². The molecule has 0 aliphatic rings. The average molecular weight is 206 g/mol. The number of aliphatic hydroxyl groups is 1. The molecule has 1 rings (SSSR count). The Morgan fingerprint density at radius 2 is 2.00 bits per heavy atom. The lowest BCUT2D eigenvalue weighted by Crippen LogP contribution is -2.21. The van der Waals surface area contributed by atoms with Gasteiger partial charge in [0, 0.05) is 6.61 Å². The number of hydrogen-bond donors (Lipinski definition) is 3. The topological polar surface area (TPSA) is 76.3 Å². The van der Waals surface area contributed by atoms with Crippen molar-refractivity contribution in [3.05, 3.63) is 29.8 Å². The summed E-state index contributed by atoms with van der Waals surface area (Å²) in [6.07, 6.45) is 0.621. The van der Waals surface area contributed by atoms with Gasteiger partial charge in [-0.25, -0.2) is 0 Å². The first-order chi connectivity index (χ1) is 7.27. The molecule has 4 heteroatoms. The standard InChI is InChI=1S/C11H14N2O2/c12-8-11(13-6-1-7-14)9-2-4-10(15)5-3-9/h2-5,11,13-15H,1,6-7H2. The number of benzene rings is 1. The molecular weight excluding hydrogens is 192 g/mol. The summed E-state index contributed by atoms with van der Waals surface area (Å²) in [5, 5.41) is 29.6. The van der Waals surface area contributed by atoms with Crippen LogP contribution in [0.4, 0.5) is 0 Å². The second-order valence-electron chi connectivity index (χ2n) is 3.18. The van der Waals surface area contributed by atoms with E-state index in [2.05, 4.69) is 11.4 Å². The molecule has 0 aliphatic heterocycles. The number of phenolic OH excluding ortho intramolecular Hbond substituents is 1. The zero-order chi connectivity index (χ0) is 11.1. The Hall–Kier alpha value is -1.57. The first-order valence-electron chi connectivity index (χ1n) is 4.80. The van der Waals surface area contributed by atoms with Crippen LogP contribution in [-0.4, -0.2) is 23.4 Å². The zero-order valence-electron chi connectivity index (χ0n) is 8.35. The highest BCUT2D eigenvalue weighted by Crippen LogP contribution is 2.16. The molecule has 0 saturated carbocycles. The van der Waals surface area contributed by atoms with Gasteiger partial charge in [0.15, 0.2) is 0 Å². The van der Waals surface area contributed by atoms with Crippen LogP contribution in [0.2, 0.25) is 0 Å². The molecule has 1 aromatic rings. The van der Waals surface area contributed by atoms with Gasteiger partial charge < -0.3 is 10.2 Å². The van der Waals surface area contributed by atoms with Crippen molar-refractivity contribution in [2.24, 2.45) is 0 Å². The van der Waals surface area contributed by atoms with Gasteiger partial charge in [0.2, 0.25) is 0 Å². The molecule has 1 atom stereocenters. The zero-order valence-corrected chi connectivity index (χ0v) is 8.35. The Kier molecular flexibility index (Phi) is 4.61. The van der Waals surface area contributed by atoms with Crippen LogP contribution in [0.1, 0.15) is 18.0 Å². The SMILES string of the molecule is N#CC(NCCCO)c1ccc(O)cc1. The Balaban J connectivity index is 2.59. The quantitative estimate of drug-likeness (QED) is 0.626. The Labute approximate surface area is 88.8 Å². The van der Waals surface area contributed by atoms with E-state index in [1.807, 2.05) is 0 Å². The maximum Gasteiger partial charge on any atom is 0.121 e. The van der Waals surface area contributed by atoms with Crippen molar-refractivity contribution in [2.45, 2.75) is 12.5 Å². The van der Waals surface area contributed by atoms with Gasteiger partial charge in [-0.15, -0.1) is 0 Å². The van der Waals surface area contributed by atoms with Crippen molar-refractivity contribution in [1.29, 1.82) is 5.26 Å². The van der Waals surface area contributed by atoms with Crippen LogP contribution < -0.4 is 5.32 Å². The van der Waals surface area contributed by atoms with Crippen molar-refractivity contribution in [2.75, 3.05) is 13.2 Å². The normalized spacial score (nSPS) is 12.0. The summed E-state index contributed by atoms with van der Waals surface area (Å²) in [7, 11) is 0. The third kappa shape index (κ3) is 3.58. The van der Waals surface area contributed by atoms with Gasteiger partial charge in [0.25, 0.3) is 0 Å². The molecule has 0 bridgehead atoms. The molecular formula is C11H14N2O2. The van der Waals surface area contributed by atoms with Crippen LogP contribution in [-0.2, 0) is 0 Å². The van der Waals surface area contributed by atoms with E-state index in [-0.39, 0.29) is 12.4 Å². The Bertz CT molecular complexity index is 329. The van der Waals surface area contributed by atoms with Gasteiger partial charge in [-0.1, -0.05) is 12.1 Å². The molecule has 15 heavy (non-hydrogen) atoms. The fraction of sp³-hybridized carbons (Fsp3) is 0.364. The first kappa shape index (κ1) is 11.5. The number of nitriles is 1. The summed E-state index contributed by atoms with van der Waals surface area (Å²) in [4.78, 5) is 0. The number of nitrogens with zero attached hydrogens (tertiary/aromatic N) is 1. The fourth-order valence-electron chi connectivity index (χ4n) is 1.23. The van der Waals surface area contributed by atoms with Crippen molar-refractivity contribution in [3.63, 3.8) is 0 Å². The maximum atomic E-state index is 9.09. The van der Waals surface area contributed by atoms with Gasteiger partial charge >= 0.3 is 0 Å². The van der Waals surface area contributed by atoms with Crippen LogP contribution in [0.3, 0.4) is 0 Å². The summed E-state index contributed by atoms with van der Waals surface area (Å²) in [6, 6.07) is 8.24.